The summed E-state index contributed by atoms with van der Waals surface area (Å²) >= 11 is 1.37. The van der Waals surface area contributed by atoms with Crippen LogP contribution in [0, 0.1) is 12.8 Å². The van der Waals surface area contributed by atoms with Crippen LogP contribution in [0.5, 0.6) is 0 Å². The predicted octanol–water partition coefficient (Wildman–Crippen LogP) is 3.10. The number of hydrogen-bond acceptors (Lipinski definition) is 4. The zero-order chi connectivity index (χ0) is 18.8. The van der Waals surface area contributed by atoms with Crippen molar-refractivity contribution < 1.29 is 4.79 Å². The Morgan fingerprint density at radius 1 is 1.31 bits per heavy atom. The molecule has 1 fully saturated rings. The topological polar surface area (TPSA) is 78.4 Å². The molecule has 1 amide bonds. The van der Waals surface area contributed by atoms with E-state index in [4.69, 9.17) is 0 Å². The summed E-state index contributed by atoms with van der Waals surface area (Å²) in [6.45, 7) is 5.25. The fourth-order valence-electron chi connectivity index (χ4n) is 3.42. The van der Waals surface area contributed by atoms with E-state index in [0.29, 0.717) is 24.0 Å². The van der Waals surface area contributed by atoms with Gasteiger partial charge in [-0.05, 0) is 32.6 Å². The Bertz CT molecular complexity index is 580. The molecule has 0 aliphatic heterocycles. The lowest BCUT2D eigenvalue weighted by Crippen LogP contribution is -2.45. The zero-order valence-corrected chi connectivity index (χ0v) is 17.1. The monoisotopic (exact) mass is 379 g/mol. The molecule has 1 aromatic heterocycles. The van der Waals surface area contributed by atoms with E-state index in [1.807, 2.05) is 6.92 Å². The highest BCUT2D eigenvalue weighted by atomic mass is 32.1. The van der Waals surface area contributed by atoms with Crippen molar-refractivity contribution in [3.63, 3.8) is 0 Å². The summed E-state index contributed by atoms with van der Waals surface area (Å²) in [7, 11) is 1.78. The molecule has 1 aliphatic rings. The van der Waals surface area contributed by atoms with Gasteiger partial charge in [0.25, 0.3) is 5.91 Å². The molecule has 1 unspecified atom stereocenters. The Kier molecular flexibility index (Phi) is 8.88. The number of nitrogens with zero attached hydrogens (tertiary/aromatic N) is 2. The van der Waals surface area contributed by atoms with E-state index in [2.05, 4.69) is 32.9 Å². The van der Waals surface area contributed by atoms with Crippen LogP contribution in [0.25, 0.3) is 0 Å². The SMILES string of the molecule is CN=C(NCCNC(=O)c1scnc1C)NC(C)CCC1CCCCC1. The molecule has 0 spiro atoms. The van der Waals surface area contributed by atoms with Gasteiger partial charge in [0.15, 0.2) is 5.96 Å². The van der Waals surface area contributed by atoms with E-state index < -0.39 is 0 Å². The van der Waals surface area contributed by atoms with Crippen molar-refractivity contribution in [1.82, 2.24) is 20.9 Å². The van der Waals surface area contributed by atoms with Gasteiger partial charge < -0.3 is 16.0 Å². The van der Waals surface area contributed by atoms with Gasteiger partial charge in [0, 0.05) is 26.2 Å². The first-order valence-corrected chi connectivity index (χ1v) is 10.6. The highest BCUT2D eigenvalue weighted by molar-refractivity contribution is 7.11. The second-order valence-corrected chi connectivity index (χ2v) is 8.00. The van der Waals surface area contributed by atoms with Gasteiger partial charge in [-0.3, -0.25) is 9.79 Å². The smallest absolute Gasteiger partial charge is 0.263 e. The van der Waals surface area contributed by atoms with E-state index in [9.17, 15) is 4.79 Å². The van der Waals surface area contributed by atoms with Crippen molar-refractivity contribution in [3.8, 4) is 0 Å². The van der Waals surface area contributed by atoms with Gasteiger partial charge in [0.2, 0.25) is 0 Å². The Morgan fingerprint density at radius 3 is 2.69 bits per heavy atom. The number of thiazole rings is 1. The maximum atomic E-state index is 12.0. The van der Waals surface area contributed by atoms with Gasteiger partial charge in [0.05, 0.1) is 11.2 Å². The predicted molar refractivity (Wildman–Crippen MR) is 109 cm³/mol. The van der Waals surface area contributed by atoms with E-state index in [-0.39, 0.29) is 5.91 Å². The molecule has 0 aromatic carbocycles. The average Bonchev–Trinajstić information content (AvgIpc) is 3.09. The summed E-state index contributed by atoms with van der Waals surface area (Å²) in [5.41, 5.74) is 2.48. The maximum Gasteiger partial charge on any atom is 0.263 e. The molecule has 0 radical (unpaired) electrons. The van der Waals surface area contributed by atoms with Crippen molar-refractivity contribution in [2.75, 3.05) is 20.1 Å². The molecule has 1 aliphatic carbocycles. The van der Waals surface area contributed by atoms with Crippen molar-refractivity contribution >= 4 is 23.2 Å². The van der Waals surface area contributed by atoms with E-state index in [1.54, 1.807) is 12.6 Å². The zero-order valence-electron chi connectivity index (χ0n) is 16.3. The first kappa shape index (κ1) is 20.7. The molecule has 1 saturated carbocycles. The summed E-state index contributed by atoms with van der Waals surface area (Å²) < 4.78 is 0. The first-order valence-electron chi connectivity index (χ1n) is 9.75. The third kappa shape index (κ3) is 6.94. The minimum Gasteiger partial charge on any atom is -0.355 e. The summed E-state index contributed by atoms with van der Waals surface area (Å²) in [6.07, 6.45) is 9.50. The summed E-state index contributed by atoms with van der Waals surface area (Å²) in [5.74, 6) is 1.65. The largest absolute Gasteiger partial charge is 0.355 e. The molecule has 2 rings (SSSR count). The van der Waals surface area contributed by atoms with Crippen LogP contribution in [0.15, 0.2) is 10.5 Å². The Labute approximate surface area is 161 Å². The van der Waals surface area contributed by atoms with Crippen LogP contribution in [0.4, 0.5) is 0 Å². The van der Waals surface area contributed by atoms with Crippen molar-refractivity contribution in [3.05, 3.63) is 16.1 Å². The van der Waals surface area contributed by atoms with Crippen LogP contribution in [0.3, 0.4) is 0 Å². The minimum absolute atomic E-state index is 0.0596. The highest BCUT2D eigenvalue weighted by Crippen LogP contribution is 2.27. The van der Waals surface area contributed by atoms with Gasteiger partial charge in [-0.25, -0.2) is 4.98 Å². The number of nitrogens with one attached hydrogen (secondary N) is 3. The van der Waals surface area contributed by atoms with Gasteiger partial charge in [-0.1, -0.05) is 32.1 Å². The number of carbonyl (C=O) groups is 1. The number of rotatable bonds is 8. The molecule has 26 heavy (non-hydrogen) atoms. The summed E-state index contributed by atoms with van der Waals surface area (Å²) in [5, 5.41) is 9.63. The standard InChI is InChI=1S/C19H33N5OS/c1-14(9-10-16-7-5-4-6-8-16)24-19(20-3)22-12-11-21-18(25)17-15(2)23-13-26-17/h13-14,16H,4-12H2,1-3H3,(H,21,25)(H2,20,22,24). The molecular weight excluding hydrogens is 346 g/mol. The van der Waals surface area contributed by atoms with Crippen LogP contribution < -0.4 is 16.0 Å². The number of carbonyl (C=O) groups excluding carboxylic acids is 1. The maximum absolute atomic E-state index is 12.0. The lowest BCUT2D eigenvalue weighted by Gasteiger charge is -2.24. The van der Waals surface area contributed by atoms with Gasteiger partial charge in [-0.2, -0.15) is 0 Å². The molecule has 1 heterocycles. The molecule has 0 bridgehead atoms. The van der Waals surface area contributed by atoms with Crippen LogP contribution in [-0.2, 0) is 0 Å². The lowest BCUT2D eigenvalue weighted by molar-refractivity contribution is 0.0957. The number of aryl methyl sites for hydroxylation is 1. The average molecular weight is 380 g/mol. The summed E-state index contributed by atoms with van der Waals surface area (Å²) in [4.78, 5) is 21.1. The Hall–Kier alpha value is -1.63. The van der Waals surface area contributed by atoms with Gasteiger partial charge in [0.1, 0.15) is 4.88 Å². The minimum atomic E-state index is -0.0596. The summed E-state index contributed by atoms with van der Waals surface area (Å²) in [6, 6.07) is 0.401. The third-order valence-corrected chi connectivity index (χ3v) is 5.92. The van der Waals surface area contributed by atoms with Crippen molar-refractivity contribution in [2.24, 2.45) is 10.9 Å². The molecular formula is C19H33N5OS. The fourth-order valence-corrected chi connectivity index (χ4v) is 4.14. The Morgan fingerprint density at radius 2 is 2.04 bits per heavy atom. The number of amides is 1. The molecule has 146 valence electrons. The highest BCUT2D eigenvalue weighted by Gasteiger charge is 2.15. The van der Waals surface area contributed by atoms with Crippen LogP contribution >= 0.6 is 11.3 Å². The van der Waals surface area contributed by atoms with E-state index in [1.165, 1.54) is 56.3 Å². The quantitative estimate of drug-likeness (QED) is 0.368. The first-order chi connectivity index (χ1) is 12.6. The normalized spacial score (nSPS) is 17.0. The number of hydrogen-bond donors (Lipinski definition) is 3. The third-order valence-electron chi connectivity index (χ3n) is 4.99. The molecule has 1 aromatic rings. The fraction of sp³-hybridized carbons (Fsp3) is 0.737. The van der Waals surface area contributed by atoms with Crippen LogP contribution in [0.2, 0.25) is 0 Å². The van der Waals surface area contributed by atoms with Crippen molar-refractivity contribution in [1.29, 1.82) is 0 Å². The van der Waals surface area contributed by atoms with Gasteiger partial charge >= 0.3 is 0 Å². The molecule has 1 atom stereocenters. The molecule has 7 heteroatoms. The number of guanidine groups is 1. The van der Waals surface area contributed by atoms with Gasteiger partial charge in [-0.15, -0.1) is 11.3 Å². The van der Waals surface area contributed by atoms with E-state index >= 15 is 0 Å². The van der Waals surface area contributed by atoms with Crippen LogP contribution in [0.1, 0.15) is 67.2 Å². The molecule has 6 nitrogen and oxygen atoms in total. The number of aromatic nitrogens is 1. The second-order valence-electron chi connectivity index (χ2n) is 7.15. The Balaban J connectivity index is 1.61. The van der Waals surface area contributed by atoms with Crippen molar-refractivity contribution in [2.45, 2.75) is 64.8 Å². The number of aliphatic imine (C=N–C) groups is 1. The van der Waals surface area contributed by atoms with Crippen LogP contribution in [-0.4, -0.2) is 43.0 Å². The second kappa shape index (κ2) is 11.2. The van der Waals surface area contributed by atoms with E-state index in [0.717, 1.165) is 17.6 Å². The molecule has 0 saturated heterocycles. The molecule has 3 N–H and O–H groups in total. The lowest BCUT2D eigenvalue weighted by atomic mass is 9.85.